The number of aryl methyl sites for hydroxylation is 2. The van der Waals surface area contributed by atoms with Crippen LogP contribution in [0.5, 0.6) is 0 Å². The molecule has 6 heteroatoms. The van der Waals surface area contributed by atoms with Gasteiger partial charge < -0.3 is 10.1 Å². The Morgan fingerprint density at radius 1 is 1.04 bits per heavy atom. The number of hydrogen-bond donors (Lipinski definition) is 1. The maximum absolute atomic E-state index is 11.9. The van der Waals surface area contributed by atoms with E-state index in [1.165, 1.54) is 16.9 Å². The van der Waals surface area contributed by atoms with E-state index in [0.717, 1.165) is 17.7 Å². The summed E-state index contributed by atoms with van der Waals surface area (Å²) in [6, 6.07) is 13.7. The smallest absolute Gasteiger partial charge is 0.306 e. The number of rotatable bonds is 10. The highest BCUT2D eigenvalue weighted by atomic mass is 32.1. The maximum atomic E-state index is 11.9. The summed E-state index contributed by atoms with van der Waals surface area (Å²) < 4.78 is 4.91. The number of ether oxygens (including phenoxy) is 1. The fourth-order valence-corrected chi connectivity index (χ4v) is 3.19. The number of Topliss-reactive ketones (excluding diaryl/α,β-unsaturated/α-hetero) is 1. The summed E-state index contributed by atoms with van der Waals surface area (Å²) in [5.41, 5.74) is 1.22. The highest BCUT2D eigenvalue weighted by molar-refractivity contribution is 7.14. The van der Waals surface area contributed by atoms with Crippen LogP contribution in [0.25, 0.3) is 0 Å². The first-order valence-corrected chi connectivity index (χ1v) is 9.42. The third kappa shape index (κ3) is 7.19. The second kappa shape index (κ2) is 10.5. The van der Waals surface area contributed by atoms with Crippen molar-refractivity contribution in [3.63, 3.8) is 0 Å². The van der Waals surface area contributed by atoms with Crippen molar-refractivity contribution in [2.75, 3.05) is 13.2 Å². The zero-order chi connectivity index (χ0) is 18.8. The molecule has 1 aromatic carbocycles. The van der Waals surface area contributed by atoms with Gasteiger partial charge in [-0.05, 0) is 37.5 Å². The molecule has 26 heavy (non-hydrogen) atoms. The average molecular weight is 373 g/mol. The van der Waals surface area contributed by atoms with Crippen LogP contribution in [0.2, 0.25) is 0 Å². The fourth-order valence-electron chi connectivity index (χ4n) is 2.36. The zero-order valence-electron chi connectivity index (χ0n) is 14.8. The quantitative estimate of drug-likeness (QED) is 0.394. The Morgan fingerprint density at radius 2 is 1.81 bits per heavy atom. The van der Waals surface area contributed by atoms with Gasteiger partial charge in [-0.2, -0.15) is 0 Å². The van der Waals surface area contributed by atoms with E-state index in [1.54, 1.807) is 6.07 Å². The number of carbonyl (C=O) groups excluding carboxylic acids is 3. The van der Waals surface area contributed by atoms with Crippen molar-refractivity contribution in [1.82, 2.24) is 5.32 Å². The minimum atomic E-state index is -0.536. The molecule has 0 radical (unpaired) electrons. The lowest BCUT2D eigenvalue weighted by molar-refractivity contribution is -0.148. The van der Waals surface area contributed by atoms with Gasteiger partial charge in [0.05, 0.1) is 11.3 Å². The summed E-state index contributed by atoms with van der Waals surface area (Å²) in [4.78, 5) is 36.9. The van der Waals surface area contributed by atoms with Crippen molar-refractivity contribution < 1.29 is 19.1 Å². The molecule has 5 nitrogen and oxygen atoms in total. The van der Waals surface area contributed by atoms with Crippen LogP contribution in [0.3, 0.4) is 0 Å². The molecular formula is C20H23NO4S. The third-order valence-corrected chi connectivity index (χ3v) is 4.78. The largest absolute Gasteiger partial charge is 0.456 e. The van der Waals surface area contributed by atoms with Crippen molar-refractivity contribution in [1.29, 1.82) is 0 Å². The van der Waals surface area contributed by atoms with Crippen molar-refractivity contribution >= 4 is 29.0 Å². The average Bonchev–Trinajstić information content (AvgIpc) is 3.09. The lowest BCUT2D eigenvalue weighted by Gasteiger charge is -2.06. The van der Waals surface area contributed by atoms with Crippen molar-refractivity contribution in [2.45, 2.75) is 32.6 Å². The Bertz CT molecular complexity index is 739. The molecule has 0 aliphatic heterocycles. The molecule has 0 aliphatic carbocycles. The number of hydrogen-bond acceptors (Lipinski definition) is 5. The first-order chi connectivity index (χ1) is 12.5. The lowest BCUT2D eigenvalue weighted by atomic mass is 10.1. The highest BCUT2D eigenvalue weighted by Gasteiger charge is 2.13. The predicted molar refractivity (Wildman–Crippen MR) is 101 cm³/mol. The summed E-state index contributed by atoms with van der Waals surface area (Å²) in [6.45, 7) is 2.14. The van der Waals surface area contributed by atoms with E-state index in [1.807, 2.05) is 43.3 Å². The second-order valence-electron chi connectivity index (χ2n) is 5.93. The maximum Gasteiger partial charge on any atom is 0.306 e. The van der Waals surface area contributed by atoms with Crippen molar-refractivity contribution in [3.8, 4) is 0 Å². The van der Waals surface area contributed by atoms with Crippen LogP contribution in [0.15, 0.2) is 42.5 Å². The Morgan fingerprint density at radius 3 is 2.50 bits per heavy atom. The van der Waals surface area contributed by atoms with E-state index >= 15 is 0 Å². The van der Waals surface area contributed by atoms with Crippen molar-refractivity contribution in [2.24, 2.45) is 0 Å². The standard InChI is InChI=1S/C20H23NO4S/c1-15-9-11-18(26-15)17(22)10-12-20(24)25-14-19(23)21-13-5-8-16-6-3-2-4-7-16/h2-4,6-7,9,11H,5,8,10,12-14H2,1H3,(H,21,23). The molecule has 0 atom stereocenters. The summed E-state index contributed by atoms with van der Waals surface area (Å²) in [7, 11) is 0. The highest BCUT2D eigenvalue weighted by Crippen LogP contribution is 2.17. The van der Waals surface area contributed by atoms with E-state index in [4.69, 9.17) is 4.74 Å². The van der Waals surface area contributed by atoms with E-state index < -0.39 is 5.97 Å². The Balaban J connectivity index is 1.55. The molecule has 1 N–H and O–H groups in total. The summed E-state index contributed by atoms with van der Waals surface area (Å²) in [5, 5.41) is 2.72. The monoisotopic (exact) mass is 373 g/mol. The number of amides is 1. The number of thiophene rings is 1. The van der Waals surface area contributed by atoms with E-state index in [2.05, 4.69) is 5.32 Å². The molecule has 0 bridgehead atoms. The molecule has 0 spiro atoms. The van der Waals surface area contributed by atoms with Crippen LogP contribution >= 0.6 is 11.3 Å². The Kier molecular flexibility index (Phi) is 8.02. The van der Waals surface area contributed by atoms with Crippen LogP contribution in [-0.2, 0) is 20.7 Å². The van der Waals surface area contributed by atoms with Crippen LogP contribution in [-0.4, -0.2) is 30.8 Å². The number of carbonyl (C=O) groups is 3. The van der Waals surface area contributed by atoms with Crippen LogP contribution < -0.4 is 5.32 Å². The summed E-state index contributed by atoms with van der Waals surface area (Å²) in [5.74, 6) is -0.942. The van der Waals surface area contributed by atoms with Gasteiger partial charge in [-0.1, -0.05) is 30.3 Å². The molecule has 138 valence electrons. The summed E-state index contributed by atoms with van der Waals surface area (Å²) >= 11 is 1.41. The first-order valence-electron chi connectivity index (χ1n) is 8.60. The van der Waals surface area contributed by atoms with Crippen LogP contribution in [0.4, 0.5) is 0 Å². The van der Waals surface area contributed by atoms with Gasteiger partial charge in [0.25, 0.3) is 5.91 Å². The van der Waals surface area contributed by atoms with E-state index in [-0.39, 0.29) is 31.1 Å². The van der Waals surface area contributed by atoms with Gasteiger partial charge >= 0.3 is 5.97 Å². The van der Waals surface area contributed by atoms with Gasteiger partial charge in [-0.3, -0.25) is 14.4 Å². The topological polar surface area (TPSA) is 72.5 Å². The van der Waals surface area contributed by atoms with Crippen LogP contribution in [0.1, 0.15) is 39.4 Å². The first kappa shape index (κ1) is 19.8. The fraction of sp³-hybridized carbons (Fsp3) is 0.350. The molecule has 0 unspecified atom stereocenters. The van der Waals surface area contributed by atoms with Crippen LogP contribution in [0, 0.1) is 6.92 Å². The van der Waals surface area contributed by atoms with Gasteiger partial charge in [0.1, 0.15) is 0 Å². The van der Waals surface area contributed by atoms with Crippen molar-refractivity contribution in [3.05, 3.63) is 57.8 Å². The van der Waals surface area contributed by atoms with E-state index in [9.17, 15) is 14.4 Å². The third-order valence-electron chi connectivity index (χ3n) is 3.74. The molecule has 0 saturated carbocycles. The molecule has 1 heterocycles. The molecule has 1 amide bonds. The molecule has 1 aromatic heterocycles. The second-order valence-corrected chi connectivity index (χ2v) is 7.22. The van der Waals surface area contributed by atoms with Gasteiger partial charge in [0.15, 0.2) is 12.4 Å². The Hall–Kier alpha value is -2.47. The minimum absolute atomic E-state index is 0.0168. The number of esters is 1. The number of ketones is 1. The molecular weight excluding hydrogens is 350 g/mol. The SMILES string of the molecule is Cc1ccc(C(=O)CCC(=O)OCC(=O)NCCCc2ccccc2)s1. The lowest BCUT2D eigenvalue weighted by Crippen LogP contribution is -2.29. The minimum Gasteiger partial charge on any atom is -0.456 e. The van der Waals surface area contributed by atoms with Gasteiger partial charge in [0, 0.05) is 17.8 Å². The number of nitrogens with one attached hydrogen (secondary N) is 1. The molecule has 2 rings (SSSR count). The normalized spacial score (nSPS) is 10.3. The molecule has 0 fully saturated rings. The molecule has 2 aromatic rings. The van der Waals surface area contributed by atoms with Gasteiger partial charge in [0.2, 0.25) is 0 Å². The molecule has 0 aliphatic rings. The van der Waals surface area contributed by atoms with Gasteiger partial charge in [-0.25, -0.2) is 0 Å². The predicted octanol–water partition coefficient (Wildman–Crippen LogP) is 3.31. The zero-order valence-corrected chi connectivity index (χ0v) is 15.6. The van der Waals surface area contributed by atoms with E-state index in [0.29, 0.717) is 11.4 Å². The Labute approximate surface area is 157 Å². The number of benzene rings is 1. The molecule has 0 saturated heterocycles. The summed E-state index contributed by atoms with van der Waals surface area (Å²) in [6.07, 6.45) is 1.78. The van der Waals surface area contributed by atoms with Gasteiger partial charge in [-0.15, -0.1) is 11.3 Å².